The summed E-state index contributed by atoms with van der Waals surface area (Å²) in [7, 11) is 0. The summed E-state index contributed by atoms with van der Waals surface area (Å²) in [6.45, 7) is 5.28. The van der Waals surface area contributed by atoms with Crippen LogP contribution in [0.15, 0.2) is 18.3 Å². The highest BCUT2D eigenvalue weighted by molar-refractivity contribution is 5.94. The van der Waals surface area contributed by atoms with Crippen LogP contribution in [0.5, 0.6) is 0 Å². The minimum Gasteiger partial charge on any atom is -0.369 e. The average molecular weight is 312 g/mol. The van der Waals surface area contributed by atoms with Crippen LogP contribution in [0.4, 0.5) is 0 Å². The van der Waals surface area contributed by atoms with Gasteiger partial charge in [0.1, 0.15) is 0 Å². The molecule has 2 aromatic heterocycles. The quantitative estimate of drug-likeness (QED) is 0.874. The number of aromatic amines is 1. The van der Waals surface area contributed by atoms with Gasteiger partial charge in [0.2, 0.25) is 0 Å². The van der Waals surface area contributed by atoms with Crippen molar-refractivity contribution in [1.29, 1.82) is 0 Å². The lowest BCUT2D eigenvalue weighted by Crippen LogP contribution is -2.37. The smallest absolute Gasteiger partial charge is 0.275 e. The van der Waals surface area contributed by atoms with Crippen molar-refractivity contribution in [2.75, 3.05) is 6.54 Å². The van der Waals surface area contributed by atoms with E-state index in [4.69, 9.17) is 4.74 Å². The molecule has 1 N–H and O–H groups in total. The van der Waals surface area contributed by atoms with E-state index in [0.29, 0.717) is 18.8 Å². The number of fused-ring (bicyclic) bond motifs is 2. The van der Waals surface area contributed by atoms with Crippen molar-refractivity contribution in [3.05, 3.63) is 46.5 Å². The first-order chi connectivity index (χ1) is 11.1. The van der Waals surface area contributed by atoms with Gasteiger partial charge in [-0.1, -0.05) is 6.07 Å². The zero-order chi connectivity index (χ0) is 16.0. The molecule has 0 bridgehead atoms. The number of carbonyl (C=O) groups excluding carboxylic acids is 1. The molecular weight excluding hydrogens is 292 g/mol. The third kappa shape index (κ3) is 2.43. The number of H-pyrrole nitrogens is 1. The topological polar surface area (TPSA) is 71.1 Å². The Morgan fingerprint density at radius 2 is 2.30 bits per heavy atom. The first-order valence-corrected chi connectivity index (χ1v) is 8.08. The van der Waals surface area contributed by atoms with Crippen LogP contribution in [0.1, 0.15) is 53.0 Å². The van der Waals surface area contributed by atoms with E-state index in [1.807, 2.05) is 24.8 Å². The van der Waals surface area contributed by atoms with Gasteiger partial charge in [-0.3, -0.25) is 14.9 Å². The molecule has 4 rings (SSSR count). The molecule has 0 saturated heterocycles. The van der Waals surface area contributed by atoms with Gasteiger partial charge < -0.3 is 9.64 Å². The maximum atomic E-state index is 12.9. The first-order valence-electron chi connectivity index (χ1n) is 8.08. The number of rotatable bonds is 1. The van der Waals surface area contributed by atoms with Crippen LogP contribution in [-0.2, 0) is 24.1 Å². The molecule has 2 aliphatic heterocycles. The summed E-state index contributed by atoms with van der Waals surface area (Å²) >= 11 is 0. The van der Waals surface area contributed by atoms with Crippen LogP contribution in [0, 0.1) is 0 Å². The van der Waals surface area contributed by atoms with E-state index in [1.54, 1.807) is 6.20 Å². The van der Waals surface area contributed by atoms with Crippen LogP contribution in [0.2, 0.25) is 0 Å². The molecule has 120 valence electrons. The van der Waals surface area contributed by atoms with Crippen LogP contribution in [-0.4, -0.2) is 38.6 Å². The Labute approximate surface area is 134 Å². The summed E-state index contributed by atoms with van der Waals surface area (Å²) in [5.74, 6) is -0.0138. The minimum atomic E-state index is -0.0495. The van der Waals surface area contributed by atoms with Gasteiger partial charge in [-0.25, -0.2) is 0 Å². The summed E-state index contributed by atoms with van der Waals surface area (Å²) in [5.41, 5.74) is 4.70. The Kier molecular flexibility index (Phi) is 3.41. The predicted molar refractivity (Wildman–Crippen MR) is 83.9 cm³/mol. The van der Waals surface area contributed by atoms with Crippen LogP contribution >= 0.6 is 0 Å². The maximum absolute atomic E-state index is 12.9. The number of hydrogen-bond donors (Lipinski definition) is 1. The number of nitrogens with zero attached hydrogens (tertiary/aromatic N) is 3. The van der Waals surface area contributed by atoms with E-state index in [9.17, 15) is 4.79 Å². The van der Waals surface area contributed by atoms with Crippen molar-refractivity contribution in [3.8, 4) is 0 Å². The third-order valence-electron chi connectivity index (χ3n) is 4.70. The van der Waals surface area contributed by atoms with Gasteiger partial charge in [0.05, 0.1) is 30.1 Å². The van der Waals surface area contributed by atoms with Crippen LogP contribution in [0.25, 0.3) is 0 Å². The highest BCUT2D eigenvalue weighted by Gasteiger charge is 2.32. The van der Waals surface area contributed by atoms with E-state index >= 15 is 0 Å². The lowest BCUT2D eigenvalue weighted by Gasteiger charge is -2.29. The summed E-state index contributed by atoms with van der Waals surface area (Å²) < 4.78 is 5.79. The van der Waals surface area contributed by atoms with Crippen molar-refractivity contribution in [1.82, 2.24) is 20.1 Å². The summed E-state index contributed by atoms with van der Waals surface area (Å²) in [6.07, 6.45) is 3.40. The number of pyridine rings is 1. The average Bonchev–Trinajstić information content (AvgIpc) is 2.97. The lowest BCUT2D eigenvalue weighted by atomic mass is 9.98. The number of hydrogen-bond acceptors (Lipinski definition) is 4. The molecule has 6 heteroatoms. The fourth-order valence-electron chi connectivity index (χ4n) is 3.53. The fourth-order valence-corrected chi connectivity index (χ4v) is 3.53. The molecule has 0 radical (unpaired) electrons. The molecule has 1 amide bonds. The summed E-state index contributed by atoms with van der Waals surface area (Å²) in [6, 6.07) is 4.03. The molecule has 0 spiro atoms. The van der Waals surface area contributed by atoms with Crippen LogP contribution in [0.3, 0.4) is 0 Å². The number of amides is 1. The molecule has 0 saturated carbocycles. The molecule has 2 aromatic rings. The van der Waals surface area contributed by atoms with Crippen molar-refractivity contribution in [3.63, 3.8) is 0 Å². The summed E-state index contributed by atoms with van der Waals surface area (Å²) in [5, 5.41) is 7.29. The van der Waals surface area contributed by atoms with Crippen LogP contribution < -0.4 is 0 Å². The van der Waals surface area contributed by atoms with Gasteiger partial charge in [-0.05, 0) is 31.9 Å². The van der Waals surface area contributed by atoms with Crippen molar-refractivity contribution in [2.45, 2.75) is 45.4 Å². The highest BCUT2D eigenvalue weighted by atomic mass is 16.5. The predicted octanol–water partition coefficient (Wildman–Crippen LogP) is 2.03. The van der Waals surface area contributed by atoms with E-state index < -0.39 is 0 Å². The molecule has 0 fully saturated rings. The van der Waals surface area contributed by atoms with Gasteiger partial charge >= 0.3 is 0 Å². The minimum absolute atomic E-state index is 0.0138. The Morgan fingerprint density at radius 3 is 3.17 bits per heavy atom. The second-order valence-corrected chi connectivity index (χ2v) is 6.34. The van der Waals surface area contributed by atoms with E-state index in [2.05, 4.69) is 21.2 Å². The number of aromatic nitrogens is 3. The van der Waals surface area contributed by atoms with Gasteiger partial charge in [0.25, 0.3) is 5.91 Å². The molecule has 2 aliphatic rings. The number of nitrogens with one attached hydrogen (secondary N) is 1. The zero-order valence-electron chi connectivity index (χ0n) is 13.4. The zero-order valence-corrected chi connectivity index (χ0v) is 13.4. The van der Waals surface area contributed by atoms with Gasteiger partial charge in [0, 0.05) is 24.7 Å². The lowest BCUT2D eigenvalue weighted by molar-refractivity contribution is -0.00702. The molecule has 2 atom stereocenters. The van der Waals surface area contributed by atoms with Crippen molar-refractivity contribution in [2.24, 2.45) is 0 Å². The highest BCUT2D eigenvalue weighted by Crippen LogP contribution is 2.31. The van der Waals surface area contributed by atoms with Gasteiger partial charge in [-0.2, -0.15) is 5.10 Å². The molecule has 0 aliphatic carbocycles. The molecule has 0 unspecified atom stereocenters. The maximum Gasteiger partial charge on any atom is 0.275 e. The standard InChI is InChI=1S/C17H20N4O2/c1-10-8-13-15(11(2)23-10)19-20-16(13)17(22)21-7-5-12-4-3-6-18-14(12)9-21/h3-4,6,10-11H,5,7-9H2,1-2H3,(H,19,20)/t10-,11+/m1/s1. The number of ether oxygens (including phenoxy) is 1. The van der Waals surface area contributed by atoms with Gasteiger partial charge in [-0.15, -0.1) is 0 Å². The fraction of sp³-hybridized carbons (Fsp3) is 0.471. The Balaban J connectivity index is 1.62. The van der Waals surface area contributed by atoms with E-state index in [0.717, 1.165) is 29.8 Å². The molecule has 23 heavy (non-hydrogen) atoms. The Bertz CT molecular complexity index is 755. The Morgan fingerprint density at radius 1 is 1.43 bits per heavy atom. The summed E-state index contributed by atoms with van der Waals surface area (Å²) in [4.78, 5) is 19.2. The molecule has 4 heterocycles. The van der Waals surface area contributed by atoms with Crippen molar-refractivity contribution < 1.29 is 9.53 Å². The molecular formula is C17H20N4O2. The second-order valence-electron chi connectivity index (χ2n) is 6.34. The van der Waals surface area contributed by atoms with E-state index in [1.165, 1.54) is 5.56 Å². The molecule has 6 nitrogen and oxygen atoms in total. The van der Waals surface area contributed by atoms with Crippen molar-refractivity contribution >= 4 is 5.91 Å². The Hall–Kier alpha value is -2.21. The van der Waals surface area contributed by atoms with E-state index in [-0.39, 0.29) is 18.1 Å². The largest absolute Gasteiger partial charge is 0.369 e. The SMILES string of the molecule is C[C@@H]1Cc2c(C(=O)N3CCc4cccnc4C3)n[nH]c2[C@H](C)O1. The second kappa shape index (κ2) is 5.45. The third-order valence-corrected chi connectivity index (χ3v) is 4.70. The monoisotopic (exact) mass is 312 g/mol. The molecule has 0 aromatic carbocycles. The number of carbonyl (C=O) groups is 1. The van der Waals surface area contributed by atoms with Gasteiger partial charge in [0.15, 0.2) is 5.69 Å². The normalized spacial score (nSPS) is 23.3. The first kappa shape index (κ1) is 14.4.